The molecular formula is C25H20Cl2N2O5S. The van der Waals surface area contributed by atoms with Crippen molar-refractivity contribution in [1.29, 1.82) is 0 Å². The van der Waals surface area contributed by atoms with E-state index in [1.165, 1.54) is 23.5 Å². The van der Waals surface area contributed by atoms with Gasteiger partial charge in [-0.1, -0.05) is 41.4 Å². The van der Waals surface area contributed by atoms with E-state index in [0.29, 0.717) is 25.5 Å². The van der Waals surface area contributed by atoms with Crippen LogP contribution in [0, 0.1) is 18.8 Å². The molecule has 7 nitrogen and oxygen atoms in total. The summed E-state index contributed by atoms with van der Waals surface area (Å²) >= 11 is 13.7. The van der Waals surface area contributed by atoms with E-state index in [4.69, 9.17) is 23.2 Å². The van der Waals surface area contributed by atoms with Crippen LogP contribution in [0.15, 0.2) is 54.6 Å². The van der Waals surface area contributed by atoms with Crippen molar-refractivity contribution in [2.24, 2.45) is 11.8 Å². The van der Waals surface area contributed by atoms with Gasteiger partial charge in [0.15, 0.2) is 0 Å². The number of fused-ring (bicyclic) bond motifs is 1. The number of aryl methyl sites for hydroxylation is 1. The standard InChI is InChI=1S/C25H20Cl2N2O5S/c1-12-2-5-14(10-16(12)26)29-22(31)19-20(23(29)32)25(24(33)34,11-13-3-6-15(30)7-4-13)28-21(19)17-8-9-18(27)35-17/h2-10,19-21,28,30H,11H2,1H3,(H,33,34). The zero-order valence-corrected chi connectivity index (χ0v) is 20.7. The fraction of sp³-hybridized carbons (Fsp3) is 0.240. The van der Waals surface area contributed by atoms with E-state index in [2.05, 4.69) is 5.32 Å². The summed E-state index contributed by atoms with van der Waals surface area (Å²) in [6.07, 6.45) is -0.0686. The summed E-state index contributed by atoms with van der Waals surface area (Å²) in [6, 6.07) is 13.7. The van der Waals surface area contributed by atoms with Gasteiger partial charge in [0.25, 0.3) is 0 Å². The first kappa shape index (κ1) is 23.8. The number of thiophene rings is 1. The molecule has 0 aliphatic carbocycles. The highest BCUT2D eigenvalue weighted by molar-refractivity contribution is 7.16. The topological polar surface area (TPSA) is 107 Å². The lowest BCUT2D eigenvalue weighted by Gasteiger charge is -2.31. The molecule has 0 saturated carbocycles. The Hall–Kier alpha value is -2.91. The summed E-state index contributed by atoms with van der Waals surface area (Å²) in [5.74, 6) is -4.42. The second kappa shape index (κ2) is 8.64. The van der Waals surface area contributed by atoms with E-state index in [1.807, 2.05) is 6.92 Å². The molecule has 0 radical (unpaired) electrons. The van der Waals surface area contributed by atoms with E-state index in [9.17, 15) is 24.6 Å². The molecule has 10 heteroatoms. The molecule has 2 saturated heterocycles. The maximum absolute atomic E-state index is 13.8. The Kier molecular flexibility index (Phi) is 5.88. The summed E-state index contributed by atoms with van der Waals surface area (Å²) in [7, 11) is 0. The maximum atomic E-state index is 13.8. The number of benzene rings is 2. The molecule has 3 N–H and O–H groups in total. The molecule has 0 spiro atoms. The number of carbonyl (C=O) groups excluding carboxylic acids is 2. The van der Waals surface area contributed by atoms with Gasteiger partial charge in [0.05, 0.1) is 27.9 Å². The molecule has 5 rings (SSSR count). The van der Waals surface area contributed by atoms with Crippen LogP contribution in [0.5, 0.6) is 5.75 Å². The predicted molar refractivity (Wildman–Crippen MR) is 133 cm³/mol. The van der Waals surface area contributed by atoms with Gasteiger partial charge in [-0.25, -0.2) is 4.90 Å². The largest absolute Gasteiger partial charge is 0.508 e. The van der Waals surface area contributed by atoms with Crippen molar-refractivity contribution < 1.29 is 24.6 Å². The normalized spacial score (nSPS) is 25.8. The third-order valence-corrected chi connectivity index (χ3v) is 8.49. The molecule has 0 bridgehead atoms. The van der Waals surface area contributed by atoms with Gasteiger partial charge in [-0.3, -0.25) is 19.7 Å². The SMILES string of the molecule is Cc1ccc(N2C(=O)C3C(c4ccc(Cl)s4)NC(Cc4ccc(O)cc4)(C(=O)O)C3C2=O)cc1Cl. The second-order valence-electron chi connectivity index (χ2n) is 8.83. The van der Waals surface area contributed by atoms with Gasteiger partial charge >= 0.3 is 5.97 Å². The number of aliphatic carboxylic acids is 1. The van der Waals surface area contributed by atoms with Crippen molar-refractivity contribution in [3.05, 3.63) is 80.0 Å². The number of nitrogens with zero attached hydrogens (tertiary/aromatic N) is 1. The molecular weight excluding hydrogens is 511 g/mol. The van der Waals surface area contributed by atoms with Gasteiger partial charge in [0.2, 0.25) is 11.8 Å². The van der Waals surface area contributed by atoms with Gasteiger partial charge in [0, 0.05) is 16.3 Å². The quantitative estimate of drug-likeness (QED) is 0.416. The number of nitrogens with one attached hydrogen (secondary N) is 1. The highest BCUT2D eigenvalue weighted by atomic mass is 35.5. The van der Waals surface area contributed by atoms with Crippen LogP contribution in [-0.2, 0) is 20.8 Å². The summed E-state index contributed by atoms with van der Waals surface area (Å²) in [5.41, 5.74) is -0.0800. The average Bonchev–Trinajstić information content (AvgIpc) is 3.46. The highest BCUT2D eigenvalue weighted by Gasteiger charge is 2.68. The number of carbonyl (C=O) groups is 3. The summed E-state index contributed by atoms with van der Waals surface area (Å²) in [4.78, 5) is 42.2. The maximum Gasteiger partial charge on any atom is 0.325 e. The Morgan fingerprint density at radius 1 is 1.09 bits per heavy atom. The Labute approximate surface area is 214 Å². The number of carboxylic acids is 1. The van der Waals surface area contributed by atoms with Crippen LogP contribution in [0.4, 0.5) is 5.69 Å². The molecule has 3 aromatic rings. The van der Waals surface area contributed by atoms with Crippen molar-refractivity contribution >= 4 is 58.0 Å². The van der Waals surface area contributed by atoms with Crippen molar-refractivity contribution in [2.75, 3.05) is 4.90 Å². The third kappa shape index (κ3) is 3.81. The first-order valence-electron chi connectivity index (χ1n) is 10.8. The molecule has 1 aromatic heterocycles. The highest BCUT2D eigenvalue weighted by Crippen LogP contribution is 2.52. The van der Waals surface area contributed by atoms with Gasteiger partial charge in [-0.05, 0) is 54.4 Å². The lowest BCUT2D eigenvalue weighted by molar-refractivity contribution is -0.148. The Balaban J connectivity index is 1.65. The molecule has 4 unspecified atom stereocenters. The number of halogens is 2. The minimum atomic E-state index is -1.77. The number of anilines is 1. The van der Waals surface area contributed by atoms with E-state index >= 15 is 0 Å². The summed E-state index contributed by atoms with van der Waals surface area (Å²) < 4.78 is 0.489. The number of imide groups is 1. The monoisotopic (exact) mass is 530 g/mol. The minimum Gasteiger partial charge on any atom is -0.508 e. The fourth-order valence-electron chi connectivity index (χ4n) is 5.09. The van der Waals surface area contributed by atoms with Crippen LogP contribution in [-0.4, -0.2) is 33.5 Å². The first-order valence-corrected chi connectivity index (χ1v) is 12.4. The third-order valence-electron chi connectivity index (χ3n) is 6.77. The number of phenols is 1. The lowest BCUT2D eigenvalue weighted by atomic mass is 9.76. The van der Waals surface area contributed by atoms with Crippen LogP contribution < -0.4 is 10.2 Å². The zero-order chi connectivity index (χ0) is 25.1. The number of hydrogen-bond acceptors (Lipinski definition) is 6. The number of aromatic hydroxyl groups is 1. The van der Waals surface area contributed by atoms with Crippen LogP contribution in [0.3, 0.4) is 0 Å². The number of phenolic OH excluding ortho intramolecular Hbond substituents is 1. The summed E-state index contributed by atoms with van der Waals surface area (Å²) in [6.45, 7) is 1.81. The molecule has 35 heavy (non-hydrogen) atoms. The first-order chi connectivity index (χ1) is 16.6. The van der Waals surface area contributed by atoms with Crippen LogP contribution in [0.2, 0.25) is 9.36 Å². The Morgan fingerprint density at radius 3 is 2.40 bits per heavy atom. The van der Waals surface area contributed by atoms with Gasteiger partial charge in [0.1, 0.15) is 11.3 Å². The molecule has 3 heterocycles. The molecule has 2 aliphatic heterocycles. The van der Waals surface area contributed by atoms with E-state index in [0.717, 1.165) is 10.5 Å². The number of rotatable bonds is 5. The number of carboxylic acid groups (broad SMARTS) is 1. The molecule has 2 aromatic carbocycles. The van der Waals surface area contributed by atoms with Crippen LogP contribution in [0.1, 0.15) is 22.0 Å². The number of amides is 2. The average molecular weight is 531 g/mol. The minimum absolute atomic E-state index is 0.0380. The van der Waals surface area contributed by atoms with Crippen molar-refractivity contribution in [1.82, 2.24) is 5.32 Å². The van der Waals surface area contributed by atoms with Gasteiger partial charge < -0.3 is 10.2 Å². The molecule has 4 atom stereocenters. The van der Waals surface area contributed by atoms with Crippen LogP contribution >= 0.6 is 34.5 Å². The molecule has 2 aliphatic rings. The van der Waals surface area contributed by atoms with Crippen molar-refractivity contribution in [3.8, 4) is 5.75 Å². The Morgan fingerprint density at radius 2 is 1.80 bits per heavy atom. The number of hydrogen-bond donors (Lipinski definition) is 3. The van der Waals surface area contributed by atoms with E-state index < -0.39 is 41.2 Å². The molecule has 180 valence electrons. The van der Waals surface area contributed by atoms with E-state index in [1.54, 1.807) is 42.5 Å². The van der Waals surface area contributed by atoms with Gasteiger partial charge in [-0.2, -0.15) is 0 Å². The summed E-state index contributed by atoms with van der Waals surface area (Å²) in [5, 5.41) is 23.7. The molecule has 2 amide bonds. The van der Waals surface area contributed by atoms with Crippen molar-refractivity contribution in [2.45, 2.75) is 24.9 Å². The van der Waals surface area contributed by atoms with Crippen molar-refractivity contribution in [3.63, 3.8) is 0 Å². The fourth-order valence-corrected chi connectivity index (χ4v) is 6.42. The lowest BCUT2D eigenvalue weighted by Crippen LogP contribution is -2.57. The predicted octanol–water partition coefficient (Wildman–Crippen LogP) is 4.59. The van der Waals surface area contributed by atoms with E-state index in [-0.39, 0.29) is 12.2 Å². The van der Waals surface area contributed by atoms with Gasteiger partial charge in [-0.15, -0.1) is 11.3 Å². The van der Waals surface area contributed by atoms with Crippen LogP contribution in [0.25, 0.3) is 0 Å². The Bertz CT molecular complexity index is 1360. The smallest absolute Gasteiger partial charge is 0.325 e. The molecule has 2 fully saturated rings. The second-order valence-corrected chi connectivity index (χ2v) is 11.0. The zero-order valence-electron chi connectivity index (χ0n) is 18.4.